The molecular weight excluding hydrogens is 338 g/mol. The maximum atomic E-state index is 5.80. The Hall–Kier alpha value is -1.59. The summed E-state index contributed by atoms with van der Waals surface area (Å²) < 4.78 is 11.4. The minimum absolute atomic E-state index is 0.0729. The standard InChI is InChI=1S/C22H35N3O2/c1-3-23-21(25(2)13-16-27-17-19-9-10-19)24-18-22(11-14-26-15-12-22)20-7-5-4-6-8-20/h4-8,19H,3,9-18H2,1-2H3,(H,23,24). The molecule has 2 aliphatic rings. The van der Waals surface area contributed by atoms with Crippen LogP contribution >= 0.6 is 0 Å². The summed E-state index contributed by atoms with van der Waals surface area (Å²) in [4.78, 5) is 7.22. The zero-order valence-corrected chi connectivity index (χ0v) is 17.0. The summed E-state index contributed by atoms with van der Waals surface area (Å²) in [5.41, 5.74) is 1.45. The molecule has 150 valence electrons. The predicted molar refractivity (Wildman–Crippen MR) is 110 cm³/mol. The molecule has 5 nitrogen and oxygen atoms in total. The minimum atomic E-state index is 0.0729. The molecule has 27 heavy (non-hydrogen) atoms. The van der Waals surface area contributed by atoms with E-state index < -0.39 is 0 Å². The minimum Gasteiger partial charge on any atom is -0.381 e. The van der Waals surface area contributed by atoms with Gasteiger partial charge in [0.15, 0.2) is 5.96 Å². The third-order valence-corrected chi connectivity index (χ3v) is 5.69. The van der Waals surface area contributed by atoms with E-state index >= 15 is 0 Å². The number of benzene rings is 1. The molecule has 1 aromatic carbocycles. The molecule has 5 heteroatoms. The van der Waals surface area contributed by atoms with E-state index in [4.69, 9.17) is 14.5 Å². The van der Waals surface area contributed by atoms with Crippen molar-refractivity contribution in [2.24, 2.45) is 10.9 Å². The van der Waals surface area contributed by atoms with Crippen molar-refractivity contribution in [3.8, 4) is 0 Å². The zero-order valence-electron chi connectivity index (χ0n) is 17.0. The van der Waals surface area contributed by atoms with Crippen LogP contribution in [0, 0.1) is 5.92 Å². The van der Waals surface area contributed by atoms with Crippen molar-refractivity contribution in [2.45, 2.75) is 38.0 Å². The highest BCUT2D eigenvalue weighted by Gasteiger charge is 2.34. The Labute approximate surface area is 164 Å². The van der Waals surface area contributed by atoms with Crippen molar-refractivity contribution >= 4 is 5.96 Å². The van der Waals surface area contributed by atoms with E-state index in [-0.39, 0.29) is 5.41 Å². The lowest BCUT2D eigenvalue weighted by atomic mass is 9.74. The highest BCUT2D eigenvalue weighted by Crippen LogP contribution is 2.35. The average molecular weight is 374 g/mol. The van der Waals surface area contributed by atoms with Gasteiger partial charge in [0.05, 0.1) is 13.2 Å². The third-order valence-electron chi connectivity index (χ3n) is 5.69. The molecule has 1 saturated carbocycles. The van der Waals surface area contributed by atoms with Crippen LogP contribution < -0.4 is 5.32 Å². The van der Waals surface area contributed by atoms with Gasteiger partial charge in [-0.25, -0.2) is 0 Å². The molecule has 0 atom stereocenters. The second kappa shape index (κ2) is 10.1. The van der Waals surface area contributed by atoms with Crippen molar-refractivity contribution < 1.29 is 9.47 Å². The monoisotopic (exact) mass is 373 g/mol. The lowest BCUT2D eigenvalue weighted by Gasteiger charge is -2.37. The summed E-state index contributed by atoms with van der Waals surface area (Å²) in [5.74, 6) is 1.78. The molecule has 1 aromatic rings. The summed E-state index contributed by atoms with van der Waals surface area (Å²) >= 11 is 0. The first-order valence-corrected chi connectivity index (χ1v) is 10.4. The Kier molecular flexibility index (Phi) is 7.53. The van der Waals surface area contributed by atoms with E-state index in [1.807, 2.05) is 0 Å². The number of hydrogen-bond acceptors (Lipinski definition) is 3. The quantitative estimate of drug-likeness (QED) is 0.411. The smallest absolute Gasteiger partial charge is 0.193 e. The number of rotatable bonds is 9. The molecule has 3 rings (SSSR count). The van der Waals surface area contributed by atoms with Gasteiger partial charge in [0, 0.05) is 45.4 Å². The Balaban J connectivity index is 1.63. The molecule has 1 N–H and O–H groups in total. The Morgan fingerprint density at radius 1 is 1.26 bits per heavy atom. The molecule has 0 radical (unpaired) electrons. The Bertz CT molecular complexity index is 580. The number of hydrogen-bond donors (Lipinski definition) is 1. The van der Waals surface area contributed by atoms with Crippen LogP contribution in [0.15, 0.2) is 35.3 Å². The number of nitrogens with one attached hydrogen (secondary N) is 1. The second-order valence-electron chi connectivity index (χ2n) is 7.87. The van der Waals surface area contributed by atoms with Gasteiger partial charge in [0.2, 0.25) is 0 Å². The highest BCUT2D eigenvalue weighted by atomic mass is 16.5. The van der Waals surface area contributed by atoms with Gasteiger partial charge in [-0.1, -0.05) is 30.3 Å². The summed E-state index contributed by atoms with van der Waals surface area (Å²) in [5, 5.41) is 3.44. The summed E-state index contributed by atoms with van der Waals surface area (Å²) in [7, 11) is 2.10. The molecular formula is C22H35N3O2. The van der Waals surface area contributed by atoms with Crippen LogP contribution in [-0.2, 0) is 14.9 Å². The Morgan fingerprint density at radius 2 is 2.00 bits per heavy atom. The fraction of sp³-hybridized carbons (Fsp3) is 0.682. The van der Waals surface area contributed by atoms with Gasteiger partial charge in [-0.15, -0.1) is 0 Å². The maximum Gasteiger partial charge on any atom is 0.193 e. The van der Waals surface area contributed by atoms with Gasteiger partial charge in [-0.2, -0.15) is 0 Å². The van der Waals surface area contributed by atoms with Crippen molar-refractivity contribution in [2.75, 3.05) is 53.1 Å². The van der Waals surface area contributed by atoms with Crippen LogP contribution in [0.1, 0.15) is 38.2 Å². The van der Waals surface area contributed by atoms with E-state index in [2.05, 4.69) is 54.5 Å². The molecule has 1 saturated heterocycles. The number of guanidine groups is 1. The molecule has 0 aromatic heterocycles. The first kappa shape index (κ1) is 20.2. The summed E-state index contributed by atoms with van der Waals surface area (Å²) in [6.45, 7) is 7.93. The fourth-order valence-corrected chi connectivity index (χ4v) is 3.63. The van der Waals surface area contributed by atoms with Crippen molar-refractivity contribution in [3.05, 3.63) is 35.9 Å². The molecule has 1 heterocycles. The van der Waals surface area contributed by atoms with Crippen molar-refractivity contribution in [1.82, 2.24) is 10.2 Å². The molecule has 0 bridgehead atoms. The molecule has 0 unspecified atom stereocenters. The molecule has 2 fully saturated rings. The van der Waals surface area contributed by atoms with E-state index in [0.717, 1.165) is 70.8 Å². The second-order valence-corrected chi connectivity index (χ2v) is 7.87. The highest BCUT2D eigenvalue weighted by molar-refractivity contribution is 5.79. The molecule has 1 aliphatic heterocycles. The number of nitrogens with zero attached hydrogens (tertiary/aromatic N) is 2. The first-order valence-electron chi connectivity index (χ1n) is 10.4. The van der Waals surface area contributed by atoms with E-state index in [1.165, 1.54) is 18.4 Å². The lowest BCUT2D eigenvalue weighted by Crippen LogP contribution is -2.43. The number of aliphatic imine (C=N–C) groups is 1. The first-order chi connectivity index (χ1) is 13.2. The van der Waals surface area contributed by atoms with Gasteiger partial charge in [0.25, 0.3) is 0 Å². The largest absolute Gasteiger partial charge is 0.381 e. The van der Waals surface area contributed by atoms with E-state index in [1.54, 1.807) is 0 Å². The van der Waals surface area contributed by atoms with Gasteiger partial charge in [-0.05, 0) is 44.1 Å². The maximum absolute atomic E-state index is 5.80. The fourth-order valence-electron chi connectivity index (χ4n) is 3.63. The Morgan fingerprint density at radius 3 is 2.67 bits per heavy atom. The van der Waals surface area contributed by atoms with Crippen LogP contribution in [-0.4, -0.2) is 64.0 Å². The van der Waals surface area contributed by atoms with Crippen LogP contribution in [0.5, 0.6) is 0 Å². The van der Waals surface area contributed by atoms with Crippen molar-refractivity contribution in [1.29, 1.82) is 0 Å². The summed E-state index contributed by atoms with van der Waals surface area (Å²) in [6.07, 6.45) is 4.72. The molecule has 0 amide bonds. The zero-order chi connectivity index (χ0) is 19.0. The topological polar surface area (TPSA) is 46.1 Å². The molecule has 0 spiro atoms. The van der Waals surface area contributed by atoms with Gasteiger partial charge < -0.3 is 19.7 Å². The number of likely N-dealkylation sites (N-methyl/N-ethyl adjacent to an activating group) is 1. The predicted octanol–water partition coefficient (Wildman–Crippen LogP) is 3.06. The summed E-state index contributed by atoms with van der Waals surface area (Å²) in [6, 6.07) is 10.8. The van der Waals surface area contributed by atoms with Gasteiger partial charge >= 0.3 is 0 Å². The van der Waals surface area contributed by atoms with E-state index in [9.17, 15) is 0 Å². The van der Waals surface area contributed by atoms with Crippen molar-refractivity contribution in [3.63, 3.8) is 0 Å². The number of ether oxygens (including phenoxy) is 2. The average Bonchev–Trinajstić information content (AvgIpc) is 3.54. The van der Waals surface area contributed by atoms with Crippen LogP contribution in [0.2, 0.25) is 0 Å². The normalized spacial score (nSPS) is 19.7. The lowest BCUT2D eigenvalue weighted by molar-refractivity contribution is 0.0530. The van der Waals surface area contributed by atoms with Crippen LogP contribution in [0.4, 0.5) is 0 Å². The van der Waals surface area contributed by atoms with Crippen LogP contribution in [0.25, 0.3) is 0 Å². The van der Waals surface area contributed by atoms with Crippen LogP contribution in [0.3, 0.4) is 0 Å². The SMILES string of the molecule is CCNC(=NCC1(c2ccccc2)CCOCC1)N(C)CCOCC1CC1. The van der Waals surface area contributed by atoms with Gasteiger partial charge in [0.1, 0.15) is 0 Å². The van der Waals surface area contributed by atoms with Gasteiger partial charge in [-0.3, -0.25) is 4.99 Å². The van der Waals surface area contributed by atoms with E-state index in [0.29, 0.717) is 0 Å². The third kappa shape index (κ3) is 5.94. The molecule has 1 aliphatic carbocycles.